The Bertz CT molecular complexity index is 283. The average Bonchev–Trinajstić information content (AvgIpc) is 2.24. The smallest absolute Gasteiger partial charge is 0.318 e. The van der Waals surface area contributed by atoms with Crippen molar-refractivity contribution in [2.45, 2.75) is 20.3 Å². The number of urea groups is 1. The lowest BCUT2D eigenvalue weighted by molar-refractivity contribution is -0.140. The molecule has 1 atom stereocenters. The van der Waals surface area contributed by atoms with E-state index in [0.717, 1.165) is 6.42 Å². The van der Waals surface area contributed by atoms with Crippen LogP contribution in [0.3, 0.4) is 0 Å². The van der Waals surface area contributed by atoms with Crippen molar-refractivity contribution in [1.29, 1.82) is 0 Å². The number of carboxylic acids is 1. The van der Waals surface area contributed by atoms with Gasteiger partial charge in [-0.1, -0.05) is 19.8 Å². The van der Waals surface area contributed by atoms with Crippen LogP contribution in [0, 0.1) is 18.3 Å². The molecule has 0 aliphatic rings. The molecule has 0 aromatic heterocycles. The van der Waals surface area contributed by atoms with E-state index in [2.05, 4.69) is 11.2 Å². The van der Waals surface area contributed by atoms with Crippen LogP contribution in [0.1, 0.15) is 20.3 Å². The molecule has 0 saturated heterocycles. The molecule has 2 N–H and O–H groups in total. The minimum atomic E-state index is -0.931. The number of nitrogens with one attached hydrogen (secondary N) is 1. The fourth-order valence-electron chi connectivity index (χ4n) is 1.07. The Morgan fingerprint density at radius 3 is 2.62 bits per heavy atom. The highest BCUT2D eigenvalue weighted by atomic mass is 16.4. The third-order valence-corrected chi connectivity index (χ3v) is 2.04. The Kier molecular flexibility index (Phi) is 6.77. The van der Waals surface area contributed by atoms with Crippen molar-refractivity contribution in [1.82, 2.24) is 10.2 Å². The van der Waals surface area contributed by atoms with Gasteiger partial charge in [0.15, 0.2) is 0 Å². The number of terminal acetylenes is 1. The fraction of sp³-hybridized carbons (Fsp3) is 0.636. The Morgan fingerprint density at radius 1 is 1.56 bits per heavy atom. The summed E-state index contributed by atoms with van der Waals surface area (Å²) < 4.78 is 0. The molecule has 0 aromatic rings. The zero-order valence-corrected chi connectivity index (χ0v) is 9.69. The first kappa shape index (κ1) is 14.3. The van der Waals surface area contributed by atoms with Gasteiger partial charge in [0.1, 0.15) is 0 Å². The number of carboxylic acid groups (broad SMARTS) is 1. The van der Waals surface area contributed by atoms with E-state index in [1.165, 1.54) is 11.8 Å². The van der Waals surface area contributed by atoms with E-state index in [4.69, 9.17) is 11.5 Å². The van der Waals surface area contributed by atoms with Crippen LogP contribution in [-0.4, -0.2) is 41.6 Å². The van der Waals surface area contributed by atoms with Gasteiger partial charge in [0, 0.05) is 13.1 Å². The molecule has 0 aliphatic carbocycles. The minimum absolute atomic E-state index is 0.110. The number of hydrogen-bond acceptors (Lipinski definition) is 2. The second-order valence-electron chi connectivity index (χ2n) is 3.55. The van der Waals surface area contributed by atoms with Crippen LogP contribution in [0.15, 0.2) is 0 Å². The number of aliphatic carboxylic acids is 1. The SMILES string of the molecule is C#CCN(CCC)C(=O)NCC(C)C(=O)O. The first-order valence-corrected chi connectivity index (χ1v) is 5.22. The molecule has 2 amide bonds. The molecular weight excluding hydrogens is 208 g/mol. The summed E-state index contributed by atoms with van der Waals surface area (Å²) in [5.74, 6) is 0.863. The predicted molar refractivity (Wildman–Crippen MR) is 60.9 cm³/mol. The van der Waals surface area contributed by atoms with Gasteiger partial charge in [-0.3, -0.25) is 4.79 Å². The molecule has 0 rings (SSSR count). The quantitative estimate of drug-likeness (QED) is 0.657. The summed E-state index contributed by atoms with van der Waals surface area (Å²) in [6.07, 6.45) is 5.95. The number of hydrogen-bond donors (Lipinski definition) is 2. The summed E-state index contributed by atoms with van der Waals surface area (Å²) in [6.45, 7) is 4.39. The van der Waals surface area contributed by atoms with Crippen LogP contribution in [-0.2, 0) is 4.79 Å². The maximum absolute atomic E-state index is 11.6. The molecule has 0 radical (unpaired) electrons. The van der Waals surface area contributed by atoms with Crippen molar-refractivity contribution >= 4 is 12.0 Å². The highest BCUT2D eigenvalue weighted by Gasteiger charge is 2.15. The van der Waals surface area contributed by atoms with E-state index < -0.39 is 11.9 Å². The monoisotopic (exact) mass is 226 g/mol. The summed E-state index contributed by atoms with van der Waals surface area (Å²) in [5, 5.41) is 11.2. The van der Waals surface area contributed by atoms with E-state index in [1.807, 2.05) is 6.92 Å². The van der Waals surface area contributed by atoms with Crippen LogP contribution in [0.4, 0.5) is 4.79 Å². The van der Waals surface area contributed by atoms with E-state index in [-0.39, 0.29) is 19.1 Å². The number of nitrogens with zero attached hydrogens (tertiary/aromatic N) is 1. The Labute approximate surface area is 95.8 Å². The summed E-state index contributed by atoms with van der Waals surface area (Å²) in [5.41, 5.74) is 0. The molecule has 0 aliphatic heterocycles. The van der Waals surface area contributed by atoms with Crippen molar-refractivity contribution in [2.75, 3.05) is 19.6 Å². The molecular formula is C11H18N2O3. The highest BCUT2D eigenvalue weighted by Crippen LogP contribution is 1.95. The van der Waals surface area contributed by atoms with Gasteiger partial charge in [0.25, 0.3) is 0 Å². The number of carbonyl (C=O) groups is 2. The fourth-order valence-corrected chi connectivity index (χ4v) is 1.07. The average molecular weight is 226 g/mol. The van der Waals surface area contributed by atoms with Crippen molar-refractivity contribution in [3.8, 4) is 12.3 Å². The van der Waals surface area contributed by atoms with Crippen LogP contribution < -0.4 is 5.32 Å². The third kappa shape index (κ3) is 5.25. The summed E-state index contributed by atoms with van der Waals surface area (Å²) in [7, 11) is 0. The lowest BCUT2D eigenvalue weighted by Crippen LogP contribution is -2.43. The van der Waals surface area contributed by atoms with Gasteiger partial charge in [-0.25, -0.2) is 4.79 Å². The van der Waals surface area contributed by atoms with Crippen LogP contribution in [0.5, 0.6) is 0 Å². The number of carbonyl (C=O) groups excluding carboxylic acids is 1. The number of rotatable bonds is 6. The molecule has 0 fully saturated rings. The number of amides is 2. The second-order valence-corrected chi connectivity index (χ2v) is 3.55. The van der Waals surface area contributed by atoms with Gasteiger partial charge in [-0.05, 0) is 6.42 Å². The van der Waals surface area contributed by atoms with E-state index >= 15 is 0 Å². The normalized spacial score (nSPS) is 11.3. The van der Waals surface area contributed by atoms with Gasteiger partial charge in [0.2, 0.25) is 0 Å². The van der Waals surface area contributed by atoms with E-state index in [1.54, 1.807) is 0 Å². The molecule has 0 aromatic carbocycles. The Hall–Kier alpha value is -1.70. The van der Waals surface area contributed by atoms with Crippen LogP contribution in [0.2, 0.25) is 0 Å². The summed E-state index contributed by atoms with van der Waals surface area (Å²) in [4.78, 5) is 23.6. The maximum atomic E-state index is 11.6. The zero-order valence-electron chi connectivity index (χ0n) is 9.69. The molecule has 90 valence electrons. The first-order chi connectivity index (χ1) is 7.52. The minimum Gasteiger partial charge on any atom is -0.481 e. The van der Waals surface area contributed by atoms with E-state index in [9.17, 15) is 9.59 Å². The van der Waals surface area contributed by atoms with Gasteiger partial charge < -0.3 is 15.3 Å². The Morgan fingerprint density at radius 2 is 2.19 bits per heavy atom. The van der Waals surface area contributed by atoms with Gasteiger partial charge >= 0.3 is 12.0 Å². The first-order valence-electron chi connectivity index (χ1n) is 5.22. The highest BCUT2D eigenvalue weighted by molar-refractivity contribution is 5.76. The van der Waals surface area contributed by atoms with Gasteiger partial charge in [-0.2, -0.15) is 0 Å². The maximum Gasteiger partial charge on any atom is 0.318 e. The van der Waals surface area contributed by atoms with Crippen molar-refractivity contribution in [3.05, 3.63) is 0 Å². The van der Waals surface area contributed by atoms with Crippen molar-refractivity contribution in [2.24, 2.45) is 5.92 Å². The van der Waals surface area contributed by atoms with Crippen LogP contribution >= 0.6 is 0 Å². The molecule has 0 heterocycles. The second kappa shape index (κ2) is 7.57. The topological polar surface area (TPSA) is 69.6 Å². The van der Waals surface area contributed by atoms with Gasteiger partial charge in [-0.15, -0.1) is 6.42 Å². The molecule has 0 saturated carbocycles. The summed E-state index contributed by atoms with van der Waals surface area (Å²) >= 11 is 0. The largest absolute Gasteiger partial charge is 0.481 e. The lowest BCUT2D eigenvalue weighted by atomic mass is 10.2. The van der Waals surface area contributed by atoms with Crippen molar-refractivity contribution < 1.29 is 14.7 Å². The standard InChI is InChI=1S/C11H18N2O3/c1-4-6-13(7-5-2)11(16)12-8-9(3)10(14)15/h1,9H,5-8H2,2-3H3,(H,12,16)(H,14,15). The molecule has 5 heteroatoms. The molecule has 0 bridgehead atoms. The molecule has 1 unspecified atom stereocenters. The Balaban J connectivity index is 4.11. The lowest BCUT2D eigenvalue weighted by Gasteiger charge is -2.20. The third-order valence-electron chi connectivity index (χ3n) is 2.04. The molecule has 5 nitrogen and oxygen atoms in total. The summed E-state index contributed by atoms with van der Waals surface area (Å²) in [6, 6.07) is -0.312. The van der Waals surface area contributed by atoms with E-state index in [0.29, 0.717) is 6.54 Å². The molecule has 0 spiro atoms. The van der Waals surface area contributed by atoms with Crippen molar-refractivity contribution in [3.63, 3.8) is 0 Å². The zero-order chi connectivity index (χ0) is 12.6. The van der Waals surface area contributed by atoms with Gasteiger partial charge in [0.05, 0.1) is 12.5 Å². The molecule has 16 heavy (non-hydrogen) atoms. The van der Waals surface area contributed by atoms with Crippen LogP contribution in [0.25, 0.3) is 0 Å². The predicted octanol–water partition coefficient (Wildman–Crippen LogP) is 0.762.